The fraction of sp³-hybridized carbons (Fsp3) is 0.500. The maximum atomic E-state index is 13.0. The van der Waals surface area contributed by atoms with E-state index < -0.39 is 48.4 Å². The van der Waals surface area contributed by atoms with E-state index in [0.29, 0.717) is 18.6 Å². The van der Waals surface area contributed by atoms with E-state index >= 15 is 0 Å². The Bertz CT molecular complexity index is 1030. The molecule has 0 bridgehead atoms. The monoisotopic (exact) mass is 505 g/mol. The molecule has 35 heavy (non-hydrogen) atoms. The van der Waals surface area contributed by atoms with Crippen LogP contribution in [0.25, 0.3) is 10.9 Å². The minimum Gasteiger partial charge on any atom is -0.480 e. The van der Waals surface area contributed by atoms with Gasteiger partial charge in [0.2, 0.25) is 17.7 Å². The Morgan fingerprint density at radius 3 is 2.51 bits per heavy atom. The molecule has 1 aromatic heterocycles. The van der Waals surface area contributed by atoms with Crippen molar-refractivity contribution in [1.29, 1.82) is 0 Å². The molecule has 1 aromatic carbocycles. The van der Waals surface area contributed by atoms with Crippen molar-refractivity contribution in [2.75, 3.05) is 18.6 Å². The van der Waals surface area contributed by atoms with Crippen LogP contribution in [0.4, 0.5) is 0 Å². The number of nitrogens with two attached hydrogens (primary N) is 1. The Kier molecular flexibility index (Phi) is 11.1. The molecule has 2 aromatic rings. The van der Waals surface area contributed by atoms with E-state index in [1.165, 1.54) is 0 Å². The SMILES string of the molecule is CCC(C)C(NC(=O)CNC(=O)C(Cc1c[nH]c2ccccc12)NC(=O)C(N)CCSC)C(=O)O. The zero-order valence-corrected chi connectivity index (χ0v) is 21.1. The molecule has 0 saturated heterocycles. The number of aliphatic carboxylic acids is 1. The number of carboxylic acids is 1. The van der Waals surface area contributed by atoms with E-state index in [1.807, 2.05) is 37.4 Å². The number of benzene rings is 1. The van der Waals surface area contributed by atoms with Gasteiger partial charge in [-0.2, -0.15) is 11.8 Å². The maximum Gasteiger partial charge on any atom is 0.326 e. The number of carbonyl (C=O) groups is 4. The van der Waals surface area contributed by atoms with Crippen molar-refractivity contribution >= 4 is 46.4 Å². The number of aromatic nitrogens is 1. The van der Waals surface area contributed by atoms with Gasteiger partial charge < -0.3 is 31.8 Å². The summed E-state index contributed by atoms with van der Waals surface area (Å²) in [6.07, 6.45) is 4.91. The molecular formula is C24H35N5O5S. The number of aromatic amines is 1. The summed E-state index contributed by atoms with van der Waals surface area (Å²) in [5.41, 5.74) is 7.70. The smallest absolute Gasteiger partial charge is 0.326 e. The van der Waals surface area contributed by atoms with E-state index in [1.54, 1.807) is 24.9 Å². The Hall–Kier alpha value is -3.05. The summed E-state index contributed by atoms with van der Waals surface area (Å²) in [6.45, 7) is 3.14. The van der Waals surface area contributed by atoms with Crippen molar-refractivity contribution in [3.63, 3.8) is 0 Å². The second-order valence-corrected chi connectivity index (χ2v) is 9.49. The summed E-state index contributed by atoms with van der Waals surface area (Å²) in [5.74, 6) is -2.35. The molecule has 4 atom stereocenters. The first-order chi connectivity index (χ1) is 16.7. The summed E-state index contributed by atoms with van der Waals surface area (Å²) in [4.78, 5) is 52.6. The molecule has 0 aliphatic rings. The highest BCUT2D eigenvalue weighted by atomic mass is 32.2. The Balaban J connectivity index is 2.11. The molecule has 4 unspecified atom stereocenters. The van der Waals surface area contributed by atoms with Crippen molar-refractivity contribution < 1.29 is 24.3 Å². The van der Waals surface area contributed by atoms with Crippen LogP contribution in [0.2, 0.25) is 0 Å². The quantitative estimate of drug-likeness (QED) is 0.223. The van der Waals surface area contributed by atoms with Gasteiger partial charge in [0.25, 0.3) is 0 Å². The first kappa shape index (κ1) is 28.2. The largest absolute Gasteiger partial charge is 0.480 e. The van der Waals surface area contributed by atoms with Crippen LogP contribution in [0.3, 0.4) is 0 Å². The van der Waals surface area contributed by atoms with E-state index in [4.69, 9.17) is 5.73 Å². The van der Waals surface area contributed by atoms with E-state index in [9.17, 15) is 24.3 Å². The normalized spacial score (nSPS) is 14.5. The summed E-state index contributed by atoms with van der Waals surface area (Å²) in [7, 11) is 0. The van der Waals surface area contributed by atoms with Crippen molar-refractivity contribution in [1.82, 2.24) is 20.9 Å². The average Bonchev–Trinajstić information content (AvgIpc) is 3.25. The van der Waals surface area contributed by atoms with E-state index in [-0.39, 0.29) is 12.3 Å². The molecule has 1 heterocycles. The van der Waals surface area contributed by atoms with Crippen molar-refractivity contribution in [3.05, 3.63) is 36.0 Å². The number of H-pyrrole nitrogens is 1. The minimum atomic E-state index is -1.14. The third-order valence-corrected chi connectivity index (χ3v) is 6.56. The van der Waals surface area contributed by atoms with Crippen LogP contribution in [0, 0.1) is 5.92 Å². The first-order valence-corrected chi connectivity index (χ1v) is 13.0. The number of rotatable bonds is 14. The molecule has 0 aliphatic heterocycles. The zero-order chi connectivity index (χ0) is 26.0. The maximum absolute atomic E-state index is 13.0. The molecule has 0 spiro atoms. The predicted octanol–water partition coefficient (Wildman–Crippen LogP) is 1.01. The Morgan fingerprint density at radius 2 is 1.86 bits per heavy atom. The molecule has 0 fully saturated rings. The lowest BCUT2D eigenvalue weighted by atomic mass is 9.99. The van der Waals surface area contributed by atoms with Crippen molar-refractivity contribution in [3.8, 4) is 0 Å². The molecule has 10 nitrogen and oxygen atoms in total. The summed E-state index contributed by atoms with van der Waals surface area (Å²) < 4.78 is 0. The lowest BCUT2D eigenvalue weighted by molar-refractivity contribution is -0.143. The van der Waals surface area contributed by atoms with Gasteiger partial charge in [0.05, 0.1) is 12.6 Å². The molecule has 0 aliphatic carbocycles. The van der Waals surface area contributed by atoms with Crippen LogP contribution in [0.5, 0.6) is 0 Å². The molecule has 2 rings (SSSR count). The number of fused-ring (bicyclic) bond motifs is 1. The van der Waals surface area contributed by atoms with Gasteiger partial charge in [-0.1, -0.05) is 38.5 Å². The van der Waals surface area contributed by atoms with E-state index in [0.717, 1.165) is 16.5 Å². The number of carbonyl (C=O) groups excluding carboxylic acids is 3. The second kappa shape index (κ2) is 13.7. The average molecular weight is 506 g/mol. The van der Waals surface area contributed by atoms with Crippen LogP contribution in [-0.4, -0.2) is 70.5 Å². The molecule has 0 radical (unpaired) electrons. The summed E-state index contributed by atoms with van der Waals surface area (Å²) >= 11 is 1.57. The third kappa shape index (κ3) is 8.29. The van der Waals surface area contributed by atoms with Gasteiger partial charge >= 0.3 is 5.97 Å². The first-order valence-electron chi connectivity index (χ1n) is 11.6. The number of amides is 3. The lowest BCUT2D eigenvalue weighted by Gasteiger charge is -2.22. The molecule has 3 amide bonds. The van der Waals surface area contributed by atoms with E-state index in [2.05, 4.69) is 20.9 Å². The number of para-hydroxylation sites is 1. The van der Waals surface area contributed by atoms with Crippen molar-refractivity contribution in [2.24, 2.45) is 11.7 Å². The molecule has 192 valence electrons. The lowest BCUT2D eigenvalue weighted by Crippen LogP contribution is -2.54. The topological polar surface area (TPSA) is 166 Å². The highest BCUT2D eigenvalue weighted by Crippen LogP contribution is 2.19. The molecule has 7 N–H and O–H groups in total. The number of hydrogen-bond donors (Lipinski definition) is 6. The summed E-state index contributed by atoms with van der Waals surface area (Å²) in [5, 5.41) is 18.0. The Labute approximate surface area is 209 Å². The van der Waals surface area contributed by atoms with Crippen LogP contribution >= 0.6 is 11.8 Å². The number of thioether (sulfide) groups is 1. The van der Waals surface area contributed by atoms with Gasteiger partial charge in [-0.05, 0) is 36.0 Å². The van der Waals surface area contributed by atoms with Gasteiger partial charge in [0.1, 0.15) is 12.1 Å². The van der Waals surface area contributed by atoms with Gasteiger partial charge in [-0.15, -0.1) is 0 Å². The van der Waals surface area contributed by atoms with Crippen LogP contribution in [-0.2, 0) is 25.6 Å². The number of carboxylic acid groups (broad SMARTS) is 1. The third-order valence-electron chi connectivity index (χ3n) is 5.92. The standard InChI is InChI=1S/C24H35N5O5S/c1-4-14(2)21(24(33)34)29-20(30)13-27-23(32)19(28-22(31)17(25)9-10-35-3)11-15-12-26-18-8-6-5-7-16(15)18/h5-8,12,14,17,19,21,26H,4,9-11,13,25H2,1-3H3,(H,27,32)(H,28,31)(H,29,30)(H,33,34). The van der Waals surface area contributed by atoms with Crippen LogP contribution in [0.1, 0.15) is 32.3 Å². The van der Waals surface area contributed by atoms with Crippen LogP contribution in [0.15, 0.2) is 30.5 Å². The molecular weight excluding hydrogens is 470 g/mol. The second-order valence-electron chi connectivity index (χ2n) is 8.50. The molecule has 0 saturated carbocycles. The van der Waals surface area contributed by atoms with Crippen molar-refractivity contribution in [2.45, 2.75) is 51.2 Å². The predicted molar refractivity (Wildman–Crippen MR) is 137 cm³/mol. The van der Waals surface area contributed by atoms with Gasteiger partial charge in [0.15, 0.2) is 0 Å². The van der Waals surface area contributed by atoms with Gasteiger partial charge in [-0.3, -0.25) is 14.4 Å². The van der Waals surface area contributed by atoms with Gasteiger partial charge in [-0.25, -0.2) is 4.79 Å². The number of hydrogen-bond acceptors (Lipinski definition) is 6. The van der Waals surface area contributed by atoms with Gasteiger partial charge in [0, 0.05) is 23.5 Å². The van der Waals surface area contributed by atoms with Crippen LogP contribution < -0.4 is 21.7 Å². The minimum absolute atomic E-state index is 0.184. The number of nitrogens with one attached hydrogen (secondary N) is 4. The zero-order valence-electron chi connectivity index (χ0n) is 20.3. The molecule has 11 heteroatoms. The summed E-state index contributed by atoms with van der Waals surface area (Å²) in [6, 6.07) is 4.80. The highest BCUT2D eigenvalue weighted by molar-refractivity contribution is 7.98. The highest BCUT2D eigenvalue weighted by Gasteiger charge is 2.28. The fourth-order valence-electron chi connectivity index (χ4n) is 3.58. The Morgan fingerprint density at radius 1 is 1.14 bits per heavy atom. The fourth-order valence-corrected chi connectivity index (χ4v) is 4.07.